The third-order valence-electron chi connectivity index (χ3n) is 3.05. The summed E-state index contributed by atoms with van der Waals surface area (Å²) in [5.41, 5.74) is 2.61. The van der Waals surface area contributed by atoms with Crippen LogP contribution < -0.4 is 5.32 Å². The van der Waals surface area contributed by atoms with Crippen molar-refractivity contribution in [3.63, 3.8) is 0 Å². The van der Waals surface area contributed by atoms with Crippen molar-refractivity contribution in [2.75, 3.05) is 5.32 Å². The molecule has 0 radical (unpaired) electrons. The first-order valence-electron chi connectivity index (χ1n) is 6.51. The van der Waals surface area contributed by atoms with E-state index in [1.165, 1.54) is 12.1 Å². The fraction of sp³-hybridized carbons (Fsp3) is 0.0625. The van der Waals surface area contributed by atoms with Crippen LogP contribution in [-0.4, -0.2) is 9.78 Å². The van der Waals surface area contributed by atoms with E-state index in [1.807, 2.05) is 47.3 Å². The molecule has 1 N–H and O–H groups in total. The number of aromatic nitrogens is 2. The summed E-state index contributed by atoms with van der Waals surface area (Å²) in [4.78, 5) is 0. The lowest BCUT2D eigenvalue weighted by Crippen LogP contribution is -2.02. The summed E-state index contributed by atoms with van der Waals surface area (Å²) in [6.45, 7) is 0.530. The number of hydrogen-bond acceptors (Lipinski definition) is 2. The lowest BCUT2D eigenvalue weighted by molar-refractivity contribution is 0.628. The van der Waals surface area contributed by atoms with Gasteiger partial charge < -0.3 is 5.32 Å². The zero-order chi connectivity index (χ0) is 14.7. The van der Waals surface area contributed by atoms with Crippen molar-refractivity contribution in [1.82, 2.24) is 9.78 Å². The van der Waals surface area contributed by atoms with Crippen LogP contribution in [0, 0.1) is 5.82 Å². The predicted molar refractivity (Wildman–Crippen MR) is 85.0 cm³/mol. The van der Waals surface area contributed by atoms with Crippen LogP contribution in [0.15, 0.2) is 65.3 Å². The van der Waals surface area contributed by atoms with Crippen LogP contribution in [0.3, 0.4) is 0 Å². The summed E-state index contributed by atoms with van der Waals surface area (Å²) in [6.07, 6.45) is 1.91. The zero-order valence-electron chi connectivity index (χ0n) is 11.1. The summed E-state index contributed by atoms with van der Waals surface area (Å²) in [5.74, 6) is -0.268. The Hall–Kier alpha value is -2.14. The third-order valence-corrected chi connectivity index (χ3v) is 3.74. The molecule has 3 nitrogen and oxygen atoms in total. The number of nitrogens with zero attached hydrogens (tertiary/aromatic N) is 2. The highest BCUT2D eigenvalue weighted by Crippen LogP contribution is 2.23. The molecule has 0 bridgehead atoms. The van der Waals surface area contributed by atoms with Gasteiger partial charge in [0.25, 0.3) is 0 Å². The maximum absolute atomic E-state index is 13.2. The third kappa shape index (κ3) is 3.31. The number of rotatable bonds is 4. The largest absolute Gasteiger partial charge is 0.378 e. The zero-order valence-corrected chi connectivity index (χ0v) is 12.7. The van der Waals surface area contributed by atoms with E-state index in [9.17, 15) is 4.39 Å². The first-order valence-corrected chi connectivity index (χ1v) is 7.30. The van der Waals surface area contributed by atoms with Gasteiger partial charge in [-0.1, -0.05) is 18.2 Å². The number of benzene rings is 2. The number of para-hydroxylation sites is 1. The van der Waals surface area contributed by atoms with E-state index in [1.54, 1.807) is 6.07 Å². The van der Waals surface area contributed by atoms with Gasteiger partial charge in [0.05, 0.1) is 23.6 Å². The van der Waals surface area contributed by atoms with Gasteiger partial charge >= 0.3 is 0 Å². The Morgan fingerprint density at radius 3 is 2.71 bits per heavy atom. The highest BCUT2D eigenvalue weighted by Gasteiger charge is 2.04. The molecule has 21 heavy (non-hydrogen) atoms. The summed E-state index contributed by atoms with van der Waals surface area (Å²) in [5, 5.41) is 7.66. The molecular formula is C16H13BrFN3. The van der Waals surface area contributed by atoms with Gasteiger partial charge in [-0.3, -0.25) is 0 Å². The van der Waals surface area contributed by atoms with E-state index in [2.05, 4.69) is 26.3 Å². The van der Waals surface area contributed by atoms with E-state index >= 15 is 0 Å². The highest BCUT2D eigenvalue weighted by molar-refractivity contribution is 9.10. The minimum Gasteiger partial charge on any atom is -0.378 e. The molecule has 0 unspecified atom stereocenters. The molecule has 3 aromatic rings. The molecule has 2 aromatic carbocycles. The number of hydrogen-bond donors (Lipinski definition) is 1. The van der Waals surface area contributed by atoms with Gasteiger partial charge in [-0.05, 0) is 52.3 Å². The number of anilines is 1. The Kier molecular flexibility index (Phi) is 4.01. The molecular weight excluding hydrogens is 333 g/mol. The molecule has 0 saturated carbocycles. The number of nitrogens with one attached hydrogen (secondary N) is 1. The first-order chi connectivity index (χ1) is 10.2. The Morgan fingerprint density at radius 2 is 1.90 bits per heavy atom. The first kappa shape index (κ1) is 13.8. The van der Waals surface area contributed by atoms with Crippen LogP contribution >= 0.6 is 15.9 Å². The molecule has 5 heteroatoms. The number of halogens is 2. The fourth-order valence-electron chi connectivity index (χ4n) is 2.00. The second kappa shape index (κ2) is 6.10. The summed E-state index contributed by atoms with van der Waals surface area (Å²) >= 11 is 3.39. The Morgan fingerprint density at radius 1 is 1.10 bits per heavy atom. The Labute approximate surface area is 130 Å². The van der Waals surface area contributed by atoms with Crippen LogP contribution in [0.4, 0.5) is 10.1 Å². The van der Waals surface area contributed by atoms with Gasteiger partial charge in [-0.25, -0.2) is 9.07 Å². The maximum Gasteiger partial charge on any atom is 0.125 e. The monoisotopic (exact) mass is 345 g/mol. The standard InChI is InChI=1S/C16H13BrFN3/c17-15-7-6-12(18)10-16(15)19-11-13-8-9-21(20-13)14-4-2-1-3-5-14/h1-10,19H,11H2. The van der Waals surface area contributed by atoms with E-state index in [0.29, 0.717) is 12.2 Å². The molecule has 1 aromatic heterocycles. The average Bonchev–Trinajstić information content (AvgIpc) is 2.98. The SMILES string of the molecule is Fc1ccc(Br)c(NCc2ccn(-c3ccccc3)n2)c1. The van der Waals surface area contributed by atoms with Crippen LogP contribution in [0.5, 0.6) is 0 Å². The highest BCUT2D eigenvalue weighted by atomic mass is 79.9. The molecule has 106 valence electrons. The average molecular weight is 346 g/mol. The minimum atomic E-state index is -0.268. The lowest BCUT2D eigenvalue weighted by Gasteiger charge is -2.07. The van der Waals surface area contributed by atoms with E-state index < -0.39 is 0 Å². The van der Waals surface area contributed by atoms with Crippen molar-refractivity contribution in [3.05, 3.63) is 76.8 Å². The quantitative estimate of drug-likeness (QED) is 0.760. The second-order valence-electron chi connectivity index (χ2n) is 4.56. The molecule has 0 aliphatic carbocycles. The van der Waals surface area contributed by atoms with Gasteiger partial charge in [-0.15, -0.1) is 0 Å². The minimum absolute atomic E-state index is 0.268. The van der Waals surface area contributed by atoms with E-state index in [4.69, 9.17) is 0 Å². The van der Waals surface area contributed by atoms with Crippen molar-refractivity contribution < 1.29 is 4.39 Å². The predicted octanol–water partition coefficient (Wildman–Crippen LogP) is 4.39. The van der Waals surface area contributed by atoms with Crippen molar-refractivity contribution in [2.45, 2.75) is 6.54 Å². The fourth-order valence-corrected chi connectivity index (χ4v) is 2.39. The van der Waals surface area contributed by atoms with Crippen molar-refractivity contribution >= 4 is 21.6 Å². The van der Waals surface area contributed by atoms with Gasteiger partial charge in [0, 0.05) is 10.7 Å². The summed E-state index contributed by atoms with van der Waals surface area (Å²) in [7, 11) is 0. The van der Waals surface area contributed by atoms with Gasteiger partial charge in [0.15, 0.2) is 0 Å². The molecule has 0 aliphatic rings. The van der Waals surface area contributed by atoms with Crippen LogP contribution in [0.1, 0.15) is 5.69 Å². The van der Waals surface area contributed by atoms with Crippen LogP contribution in [-0.2, 0) is 6.54 Å². The molecule has 0 aliphatic heterocycles. The second-order valence-corrected chi connectivity index (χ2v) is 5.42. The molecule has 0 atom stereocenters. The Bertz CT molecular complexity index is 740. The smallest absolute Gasteiger partial charge is 0.125 e. The molecule has 0 spiro atoms. The molecule has 1 heterocycles. The Balaban J connectivity index is 1.72. The molecule has 0 fully saturated rings. The van der Waals surface area contributed by atoms with Gasteiger partial charge in [0.1, 0.15) is 5.82 Å². The van der Waals surface area contributed by atoms with Crippen LogP contribution in [0.25, 0.3) is 5.69 Å². The normalized spacial score (nSPS) is 10.6. The topological polar surface area (TPSA) is 29.9 Å². The van der Waals surface area contributed by atoms with E-state index in [0.717, 1.165) is 15.9 Å². The maximum atomic E-state index is 13.2. The molecule has 0 amide bonds. The van der Waals surface area contributed by atoms with Crippen molar-refractivity contribution in [1.29, 1.82) is 0 Å². The van der Waals surface area contributed by atoms with Gasteiger partial charge in [-0.2, -0.15) is 5.10 Å². The molecule has 0 saturated heterocycles. The lowest BCUT2D eigenvalue weighted by atomic mass is 10.3. The summed E-state index contributed by atoms with van der Waals surface area (Å²) < 4.78 is 15.9. The van der Waals surface area contributed by atoms with Crippen molar-refractivity contribution in [3.8, 4) is 5.69 Å². The molecule has 3 rings (SSSR count). The van der Waals surface area contributed by atoms with E-state index in [-0.39, 0.29) is 5.82 Å². The summed E-state index contributed by atoms with van der Waals surface area (Å²) in [6, 6.07) is 16.4. The van der Waals surface area contributed by atoms with Crippen LogP contribution in [0.2, 0.25) is 0 Å². The van der Waals surface area contributed by atoms with Gasteiger partial charge in [0.2, 0.25) is 0 Å². The van der Waals surface area contributed by atoms with Crippen molar-refractivity contribution in [2.24, 2.45) is 0 Å².